The van der Waals surface area contributed by atoms with E-state index in [0.29, 0.717) is 6.54 Å². The number of likely N-dealkylation sites (N-methyl/N-ethyl adjacent to an activating group) is 1. The third-order valence-corrected chi connectivity index (χ3v) is 4.59. The van der Waals surface area contributed by atoms with Gasteiger partial charge in [0.15, 0.2) is 0 Å². The van der Waals surface area contributed by atoms with E-state index in [4.69, 9.17) is 10.5 Å². The number of rotatable bonds is 6. The lowest BCUT2D eigenvalue weighted by Crippen LogP contribution is -2.35. The van der Waals surface area contributed by atoms with Crippen molar-refractivity contribution in [2.45, 2.75) is 13.1 Å². The number of morpholine rings is 1. The topological polar surface area (TPSA) is 71.7 Å². The molecule has 1 aromatic carbocycles. The average molecular weight is 354 g/mol. The zero-order valence-corrected chi connectivity index (χ0v) is 15.2. The van der Waals surface area contributed by atoms with E-state index in [1.54, 1.807) is 11.9 Å². The van der Waals surface area contributed by atoms with E-state index in [1.165, 1.54) is 0 Å². The van der Waals surface area contributed by atoms with E-state index >= 15 is 0 Å². The van der Waals surface area contributed by atoms with E-state index in [2.05, 4.69) is 34.1 Å². The van der Waals surface area contributed by atoms with E-state index in [-0.39, 0.29) is 12.5 Å². The van der Waals surface area contributed by atoms with Crippen LogP contribution in [0.15, 0.2) is 42.6 Å². The van der Waals surface area contributed by atoms with Gasteiger partial charge in [-0.2, -0.15) is 0 Å². The molecule has 6 heteroatoms. The van der Waals surface area contributed by atoms with Crippen LogP contribution in [0.2, 0.25) is 0 Å². The Bertz CT molecular complexity index is 727. The Morgan fingerprint density at radius 2 is 2.04 bits per heavy atom. The number of nitrogens with two attached hydrogens (primary N) is 1. The molecule has 1 aliphatic heterocycles. The van der Waals surface area contributed by atoms with Crippen LogP contribution in [0, 0.1) is 0 Å². The molecule has 0 bridgehead atoms. The first-order valence-electron chi connectivity index (χ1n) is 8.94. The zero-order chi connectivity index (χ0) is 18.4. The van der Waals surface area contributed by atoms with Crippen molar-refractivity contribution in [1.82, 2.24) is 14.8 Å². The number of nitrogens with zero attached hydrogens (tertiary/aromatic N) is 3. The SMILES string of the molecule is CN(Cc1cccc(-c2ccc(CN3CCOCC3)nc2)c1)C(=O)CN. The Kier molecular flexibility index (Phi) is 6.33. The standard InChI is InChI=1S/C20H26N4O2/c1-23(20(25)12-21)14-16-3-2-4-17(11-16)18-5-6-19(22-13-18)15-24-7-9-26-10-8-24/h2-6,11,13H,7-10,12,14-15,21H2,1H3. The molecular formula is C20H26N4O2. The minimum Gasteiger partial charge on any atom is -0.379 e. The summed E-state index contributed by atoms with van der Waals surface area (Å²) >= 11 is 0. The Morgan fingerprint density at radius 3 is 2.73 bits per heavy atom. The molecular weight excluding hydrogens is 328 g/mol. The molecule has 1 aromatic heterocycles. The molecule has 1 aliphatic rings. The predicted molar refractivity (Wildman–Crippen MR) is 101 cm³/mol. The summed E-state index contributed by atoms with van der Waals surface area (Å²) in [5.41, 5.74) is 9.73. The Hall–Kier alpha value is -2.28. The second-order valence-corrected chi connectivity index (χ2v) is 6.58. The highest BCUT2D eigenvalue weighted by Gasteiger charge is 2.12. The van der Waals surface area contributed by atoms with Gasteiger partial charge in [-0.25, -0.2) is 0 Å². The van der Waals surface area contributed by atoms with E-state index in [1.807, 2.05) is 18.3 Å². The fourth-order valence-corrected chi connectivity index (χ4v) is 3.04. The summed E-state index contributed by atoms with van der Waals surface area (Å²) in [4.78, 5) is 20.3. The monoisotopic (exact) mass is 354 g/mol. The predicted octanol–water partition coefficient (Wildman–Crippen LogP) is 1.50. The first-order valence-corrected chi connectivity index (χ1v) is 8.94. The minimum atomic E-state index is -0.0652. The number of hydrogen-bond acceptors (Lipinski definition) is 5. The Morgan fingerprint density at radius 1 is 1.23 bits per heavy atom. The fourth-order valence-electron chi connectivity index (χ4n) is 3.04. The van der Waals surface area contributed by atoms with Crippen molar-refractivity contribution in [1.29, 1.82) is 0 Å². The number of aromatic nitrogens is 1. The van der Waals surface area contributed by atoms with Gasteiger partial charge in [0, 0.05) is 45.0 Å². The largest absolute Gasteiger partial charge is 0.379 e. The van der Waals surface area contributed by atoms with Crippen molar-refractivity contribution in [3.63, 3.8) is 0 Å². The normalized spacial score (nSPS) is 15.0. The Balaban J connectivity index is 1.66. The van der Waals surface area contributed by atoms with Gasteiger partial charge in [0.05, 0.1) is 25.5 Å². The van der Waals surface area contributed by atoms with Gasteiger partial charge >= 0.3 is 0 Å². The number of amides is 1. The number of carbonyl (C=O) groups excluding carboxylic acids is 1. The lowest BCUT2D eigenvalue weighted by atomic mass is 10.0. The maximum absolute atomic E-state index is 11.7. The minimum absolute atomic E-state index is 0.0325. The van der Waals surface area contributed by atoms with Gasteiger partial charge < -0.3 is 15.4 Å². The summed E-state index contributed by atoms with van der Waals surface area (Å²) in [6.45, 7) is 4.95. The number of benzene rings is 1. The lowest BCUT2D eigenvalue weighted by Gasteiger charge is -2.26. The molecule has 0 saturated carbocycles. The van der Waals surface area contributed by atoms with Gasteiger partial charge in [0.25, 0.3) is 0 Å². The summed E-state index contributed by atoms with van der Waals surface area (Å²) in [6.07, 6.45) is 1.92. The third kappa shape index (κ3) is 4.88. The highest BCUT2D eigenvalue weighted by atomic mass is 16.5. The smallest absolute Gasteiger partial charge is 0.236 e. The van der Waals surface area contributed by atoms with E-state index in [0.717, 1.165) is 55.2 Å². The molecule has 2 N–H and O–H groups in total. The van der Waals surface area contributed by atoms with Crippen molar-refractivity contribution in [3.8, 4) is 11.1 Å². The zero-order valence-electron chi connectivity index (χ0n) is 15.2. The average Bonchev–Trinajstić information content (AvgIpc) is 2.69. The molecule has 0 spiro atoms. The van der Waals surface area contributed by atoms with E-state index in [9.17, 15) is 4.79 Å². The van der Waals surface area contributed by atoms with Crippen LogP contribution in [0.1, 0.15) is 11.3 Å². The molecule has 3 rings (SSSR count). The molecule has 0 radical (unpaired) electrons. The molecule has 0 aliphatic carbocycles. The molecule has 2 aromatic rings. The van der Waals surface area contributed by atoms with E-state index < -0.39 is 0 Å². The van der Waals surface area contributed by atoms with Crippen molar-refractivity contribution in [2.75, 3.05) is 39.9 Å². The van der Waals surface area contributed by atoms with Crippen LogP contribution in [0.3, 0.4) is 0 Å². The van der Waals surface area contributed by atoms with Crippen LogP contribution in [0.5, 0.6) is 0 Å². The molecule has 6 nitrogen and oxygen atoms in total. The second kappa shape index (κ2) is 8.89. The number of carbonyl (C=O) groups is 1. The van der Waals surface area contributed by atoms with Gasteiger partial charge in [-0.15, -0.1) is 0 Å². The van der Waals surface area contributed by atoms with Crippen LogP contribution in [0.25, 0.3) is 11.1 Å². The van der Waals surface area contributed by atoms with Crippen molar-refractivity contribution >= 4 is 5.91 Å². The van der Waals surface area contributed by atoms with Gasteiger partial charge in [-0.05, 0) is 23.3 Å². The van der Waals surface area contributed by atoms with Crippen molar-refractivity contribution in [2.24, 2.45) is 5.73 Å². The summed E-state index contributed by atoms with van der Waals surface area (Å²) in [5, 5.41) is 0. The summed E-state index contributed by atoms with van der Waals surface area (Å²) in [7, 11) is 1.77. The molecule has 1 saturated heterocycles. The number of pyridine rings is 1. The van der Waals surface area contributed by atoms with Crippen molar-refractivity contribution < 1.29 is 9.53 Å². The Labute approximate surface area is 154 Å². The van der Waals surface area contributed by atoms with Gasteiger partial charge in [-0.1, -0.05) is 24.3 Å². The quantitative estimate of drug-likeness (QED) is 0.851. The maximum atomic E-state index is 11.7. The van der Waals surface area contributed by atoms with Gasteiger partial charge in [-0.3, -0.25) is 14.7 Å². The summed E-state index contributed by atoms with van der Waals surface area (Å²) in [6, 6.07) is 12.4. The maximum Gasteiger partial charge on any atom is 0.236 e. The highest BCUT2D eigenvalue weighted by molar-refractivity contribution is 5.77. The third-order valence-electron chi connectivity index (χ3n) is 4.59. The molecule has 0 atom stereocenters. The molecule has 1 amide bonds. The number of hydrogen-bond donors (Lipinski definition) is 1. The van der Waals surface area contributed by atoms with Gasteiger partial charge in [0.1, 0.15) is 0 Å². The summed E-state index contributed by atoms with van der Waals surface area (Å²) in [5.74, 6) is -0.0652. The van der Waals surface area contributed by atoms with Gasteiger partial charge in [0.2, 0.25) is 5.91 Å². The lowest BCUT2D eigenvalue weighted by molar-refractivity contribution is -0.128. The number of ether oxygens (including phenoxy) is 1. The highest BCUT2D eigenvalue weighted by Crippen LogP contribution is 2.21. The first-order chi connectivity index (χ1) is 12.7. The van der Waals surface area contributed by atoms with Crippen LogP contribution in [-0.4, -0.2) is 60.6 Å². The molecule has 138 valence electrons. The van der Waals surface area contributed by atoms with Crippen LogP contribution in [-0.2, 0) is 22.6 Å². The summed E-state index contributed by atoms with van der Waals surface area (Å²) < 4.78 is 5.38. The first kappa shape index (κ1) is 18.5. The molecule has 2 heterocycles. The van der Waals surface area contributed by atoms with Crippen LogP contribution < -0.4 is 5.73 Å². The molecule has 26 heavy (non-hydrogen) atoms. The molecule has 1 fully saturated rings. The van der Waals surface area contributed by atoms with Crippen molar-refractivity contribution in [3.05, 3.63) is 53.9 Å². The molecule has 0 unspecified atom stereocenters. The second-order valence-electron chi connectivity index (χ2n) is 6.58. The fraction of sp³-hybridized carbons (Fsp3) is 0.400. The van der Waals surface area contributed by atoms with Crippen LogP contribution >= 0.6 is 0 Å². The van der Waals surface area contributed by atoms with Crippen LogP contribution in [0.4, 0.5) is 0 Å².